The Morgan fingerprint density at radius 3 is 2.57 bits per heavy atom. The van der Waals surface area contributed by atoms with E-state index >= 15 is 0 Å². The van der Waals surface area contributed by atoms with E-state index in [9.17, 15) is 9.59 Å². The molecule has 0 saturated heterocycles. The Morgan fingerprint density at radius 2 is 2.05 bits per heavy atom. The van der Waals surface area contributed by atoms with Crippen molar-refractivity contribution in [3.63, 3.8) is 0 Å². The molecule has 0 saturated carbocycles. The average molecular weight is 315 g/mol. The molecule has 116 valence electrons. The van der Waals surface area contributed by atoms with E-state index in [1.807, 2.05) is 13.8 Å². The molecular formula is C14H19ClN2O4. The number of aliphatic hydroxyl groups excluding tert-OH is 1. The molecule has 1 aromatic rings. The molecule has 6 nitrogen and oxygen atoms in total. The van der Waals surface area contributed by atoms with Crippen LogP contribution >= 0.6 is 11.6 Å². The second kappa shape index (κ2) is 7.85. The predicted octanol–water partition coefficient (Wildman–Crippen LogP) is 2.66. The van der Waals surface area contributed by atoms with Gasteiger partial charge in [-0.2, -0.15) is 0 Å². The predicted molar refractivity (Wildman–Crippen MR) is 81.0 cm³/mol. The zero-order chi connectivity index (χ0) is 16.0. The Hall–Kier alpha value is -1.79. The van der Waals surface area contributed by atoms with Gasteiger partial charge in [-0.05, 0) is 38.5 Å². The Labute approximate surface area is 128 Å². The normalized spacial score (nSPS) is 10.5. The van der Waals surface area contributed by atoms with Crippen molar-refractivity contribution >= 4 is 29.3 Å². The summed E-state index contributed by atoms with van der Waals surface area (Å²) in [6.07, 6.45) is 0.467. The largest absolute Gasteiger partial charge is 0.478 e. The topological polar surface area (TPSA) is 89.9 Å². The first-order valence-electron chi connectivity index (χ1n) is 6.58. The number of aliphatic hydroxyl groups is 1. The minimum absolute atomic E-state index is 0.00818. The third-order valence-electron chi connectivity index (χ3n) is 2.90. The van der Waals surface area contributed by atoms with Gasteiger partial charge in [0.15, 0.2) is 0 Å². The maximum absolute atomic E-state index is 12.2. The number of amides is 2. The van der Waals surface area contributed by atoms with Gasteiger partial charge in [0, 0.05) is 19.2 Å². The highest BCUT2D eigenvalue weighted by molar-refractivity contribution is 6.33. The van der Waals surface area contributed by atoms with Crippen LogP contribution in [-0.2, 0) is 0 Å². The number of carbonyl (C=O) groups is 2. The number of nitrogens with zero attached hydrogens (tertiary/aromatic N) is 1. The number of benzene rings is 1. The highest BCUT2D eigenvalue weighted by atomic mass is 35.5. The molecule has 0 heterocycles. The van der Waals surface area contributed by atoms with Crippen molar-refractivity contribution in [1.82, 2.24) is 4.90 Å². The van der Waals surface area contributed by atoms with Crippen LogP contribution in [0.5, 0.6) is 0 Å². The van der Waals surface area contributed by atoms with Crippen LogP contribution in [0.15, 0.2) is 18.2 Å². The fourth-order valence-corrected chi connectivity index (χ4v) is 1.94. The molecule has 0 aliphatic carbocycles. The molecule has 0 fully saturated rings. The van der Waals surface area contributed by atoms with Crippen molar-refractivity contribution < 1.29 is 19.8 Å². The third kappa shape index (κ3) is 4.91. The number of hydrogen-bond donors (Lipinski definition) is 3. The number of carbonyl (C=O) groups excluding carboxylic acids is 1. The summed E-state index contributed by atoms with van der Waals surface area (Å²) in [5.74, 6) is -1.09. The summed E-state index contributed by atoms with van der Waals surface area (Å²) in [4.78, 5) is 24.7. The Balaban J connectivity index is 2.90. The van der Waals surface area contributed by atoms with Crippen molar-refractivity contribution in [3.05, 3.63) is 28.8 Å². The van der Waals surface area contributed by atoms with E-state index in [4.69, 9.17) is 21.8 Å². The van der Waals surface area contributed by atoms with Crippen LogP contribution in [-0.4, -0.2) is 46.3 Å². The molecule has 7 heteroatoms. The lowest BCUT2D eigenvalue weighted by Crippen LogP contribution is -2.41. The number of hydrogen-bond acceptors (Lipinski definition) is 3. The first-order valence-corrected chi connectivity index (χ1v) is 6.96. The van der Waals surface area contributed by atoms with E-state index in [0.29, 0.717) is 13.0 Å². The molecule has 0 bridgehead atoms. The maximum Gasteiger partial charge on any atom is 0.335 e. The first kappa shape index (κ1) is 17.3. The lowest BCUT2D eigenvalue weighted by molar-refractivity contribution is 0.0697. The van der Waals surface area contributed by atoms with Gasteiger partial charge in [-0.15, -0.1) is 0 Å². The summed E-state index contributed by atoms with van der Waals surface area (Å²) in [5, 5.41) is 20.7. The lowest BCUT2D eigenvalue weighted by Gasteiger charge is -2.27. The van der Waals surface area contributed by atoms with Crippen LogP contribution in [0.25, 0.3) is 0 Å². The van der Waals surface area contributed by atoms with Gasteiger partial charge >= 0.3 is 12.0 Å². The molecule has 0 aliphatic heterocycles. The first-order chi connectivity index (χ1) is 9.86. The zero-order valence-electron chi connectivity index (χ0n) is 12.0. The summed E-state index contributed by atoms with van der Waals surface area (Å²) in [7, 11) is 0. The quantitative estimate of drug-likeness (QED) is 0.753. The number of carboxylic acid groups (broad SMARTS) is 1. The molecule has 2 amide bonds. The van der Waals surface area contributed by atoms with E-state index in [1.54, 1.807) is 4.90 Å². The molecule has 0 radical (unpaired) electrons. The smallest absolute Gasteiger partial charge is 0.335 e. The number of urea groups is 1. The summed E-state index contributed by atoms with van der Waals surface area (Å²) in [5.41, 5.74) is 0.289. The monoisotopic (exact) mass is 314 g/mol. The summed E-state index contributed by atoms with van der Waals surface area (Å²) in [6.45, 7) is 4.10. The van der Waals surface area contributed by atoms with E-state index in [-0.39, 0.29) is 35.0 Å². The molecule has 0 unspecified atom stereocenters. The van der Waals surface area contributed by atoms with Crippen molar-refractivity contribution in [3.8, 4) is 0 Å². The van der Waals surface area contributed by atoms with Crippen LogP contribution in [0.2, 0.25) is 5.02 Å². The summed E-state index contributed by atoms with van der Waals surface area (Å²) < 4.78 is 0. The fourth-order valence-electron chi connectivity index (χ4n) is 1.78. The molecular weight excluding hydrogens is 296 g/mol. The molecule has 0 aliphatic rings. The van der Waals surface area contributed by atoms with Crippen molar-refractivity contribution in [2.45, 2.75) is 26.3 Å². The van der Waals surface area contributed by atoms with Crippen LogP contribution < -0.4 is 5.32 Å². The van der Waals surface area contributed by atoms with Gasteiger partial charge in [0.1, 0.15) is 0 Å². The molecule has 21 heavy (non-hydrogen) atoms. The van der Waals surface area contributed by atoms with Crippen molar-refractivity contribution in [2.75, 3.05) is 18.5 Å². The molecule has 0 spiro atoms. The van der Waals surface area contributed by atoms with Crippen molar-refractivity contribution in [1.29, 1.82) is 0 Å². The van der Waals surface area contributed by atoms with Crippen molar-refractivity contribution in [2.24, 2.45) is 0 Å². The number of nitrogens with one attached hydrogen (secondary N) is 1. The molecule has 0 aromatic heterocycles. The van der Waals surface area contributed by atoms with Gasteiger partial charge < -0.3 is 20.4 Å². The second-order valence-electron chi connectivity index (χ2n) is 4.79. The highest BCUT2D eigenvalue weighted by Gasteiger charge is 2.18. The van der Waals surface area contributed by atoms with Crippen LogP contribution in [0, 0.1) is 0 Å². The lowest BCUT2D eigenvalue weighted by atomic mass is 10.2. The van der Waals surface area contributed by atoms with Gasteiger partial charge in [-0.25, -0.2) is 9.59 Å². The molecule has 1 aromatic carbocycles. The minimum atomic E-state index is -1.09. The number of carboxylic acids is 1. The minimum Gasteiger partial charge on any atom is -0.478 e. The van der Waals surface area contributed by atoms with Gasteiger partial charge in [0.25, 0.3) is 0 Å². The Morgan fingerprint density at radius 1 is 1.38 bits per heavy atom. The Kier molecular flexibility index (Phi) is 6.45. The summed E-state index contributed by atoms with van der Waals surface area (Å²) in [6, 6.07) is 3.66. The number of rotatable bonds is 6. The average Bonchev–Trinajstić information content (AvgIpc) is 2.41. The van der Waals surface area contributed by atoms with Crippen LogP contribution in [0.1, 0.15) is 30.6 Å². The number of halogens is 1. The van der Waals surface area contributed by atoms with Crippen LogP contribution in [0.3, 0.4) is 0 Å². The van der Waals surface area contributed by atoms with Gasteiger partial charge in [-0.3, -0.25) is 0 Å². The number of aromatic carboxylic acids is 1. The van der Waals surface area contributed by atoms with E-state index in [2.05, 4.69) is 5.32 Å². The standard InChI is InChI=1S/C14H19ClN2O4/c1-9(2)17(6-3-7-18)14(21)16-12-8-10(13(19)20)4-5-11(12)15/h4-5,8-9,18H,3,6-7H2,1-2H3,(H,16,21)(H,19,20). The maximum atomic E-state index is 12.2. The van der Waals surface area contributed by atoms with Gasteiger partial charge in [0.05, 0.1) is 16.3 Å². The fraction of sp³-hybridized carbons (Fsp3) is 0.429. The van der Waals surface area contributed by atoms with E-state index in [1.165, 1.54) is 18.2 Å². The zero-order valence-corrected chi connectivity index (χ0v) is 12.7. The van der Waals surface area contributed by atoms with Crippen LogP contribution in [0.4, 0.5) is 10.5 Å². The van der Waals surface area contributed by atoms with E-state index in [0.717, 1.165) is 0 Å². The number of anilines is 1. The molecule has 0 atom stereocenters. The highest BCUT2D eigenvalue weighted by Crippen LogP contribution is 2.23. The SMILES string of the molecule is CC(C)N(CCCO)C(=O)Nc1cc(C(=O)O)ccc1Cl. The van der Waals surface area contributed by atoms with Gasteiger partial charge in [0.2, 0.25) is 0 Å². The molecule has 3 N–H and O–H groups in total. The summed E-state index contributed by atoms with van der Waals surface area (Å²) >= 11 is 5.97. The van der Waals surface area contributed by atoms with Gasteiger partial charge in [-0.1, -0.05) is 11.6 Å². The molecule has 1 rings (SSSR count). The Bertz CT molecular complexity index is 520. The second-order valence-corrected chi connectivity index (χ2v) is 5.20. The van der Waals surface area contributed by atoms with E-state index < -0.39 is 5.97 Å². The third-order valence-corrected chi connectivity index (χ3v) is 3.23.